The van der Waals surface area contributed by atoms with Crippen LogP contribution in [0.5, 0.6) is 0 Å². The highest BCUT2D eigenvalue weighted by Gasteiger charge is 2.35. The molecule has 3 rings (SSSR count). The Morgan fingerprint density at radius 1 is 1.21 bits per heavy atom. The second-order valence-corrected chi connectivity index (χ2v) is 10.9. The van der Waals surface area contributed by atoms with Crippen molar-refractivity contribution in [1.82, 2.24) is 9.62 Å². The molecule has 29 heavy (non-hydrogen) atoms. The highest BCUT2D eigenvalue weighted by atomic mass is 32.2. The van der Waals surface area contributed by atoms with Crippen molar-refractivity contribution in [3.8, 4) is 0 Å². The van der Waals surface area contributed by atoms with Gasteiger partial charge in [-0.2, -0.15) is 0 Å². The maximum absolute atomic E-state index is 12.6. The Kier molecular flexibility index (Phi) is 6.11. The number of carbonyl (C=O) groups excluding carboxylic acids is 2. The molecular formula is C20H25N3O4S2. The van der Waals surface area contributed by atoms with Crippen molar-refractivity contribution < 1.29 is 18.0 Å². The van der Waals surface area contributed by atoms with Crippen molar-refractivity contribution in [2.24, 2.45) is 5.92 Å². The van der Waals surface area contributed by atoms with E-state index in [4.69, 9.17) is 0 Å². The van der Waals surface area contributed by atoms with E-state index in [1.54, 1.807) is 17.0 Å². The highest BCUT2D eigenvalue weighted by Crippen LogP contribution is 2.27. The summed E-state index contributed by atoms with van der Waals surface area (Å²) in [6.45, 7) is 4.59. The van der Waals surface area contributed by atoms with E-state index in [2.05, 4.69) is 5.32 Å². The van der Waals surface area contributed by atoms with E-state index in [1.807, 2.05) is 32.0 Å². The Morgan fingerprint density at radius 2 is 1.93 bits per heavy atom. The third-order valence-electron chi connectivity index (χ3n) is 5.11. The number of anilines is 1. The molecule has 1 aromatic heterocycles. The van der Waals surface area contributed by atoms with Crippen LogP contribution in [0.1, 0.15) is 22.4 Å². The molecule has 0 saturated carbocycles. The van der Waals surface area contributed by atoms with Gasteiger partial charge in [0.2, 0.25) is 11.8 Å². The van der Waals surface area contributed by atoms with E-state index in [9.17, 15) is 18.0 Å². The van der Waals surface area contributed by atoms with Crippen molar-refractivity contribution >= 4 is 38.9 Å². The minimum atomic E-state index is -3.47. The first-order valence-electron chi connectivity index (χ1n) is 9.26. The Labute approximate surface area is 175 Å². The minimum absolute atomic E-state index is 0.0658. The monoisotopic (exact) mass is 435 g/mol. The summed E-state index contributed by atoms with van der Waals surface area (Å²) in [5.74, 6) is -0.687. The van der Waals surface area contributed by atoms with Crippen molar-refractivity contribution in [3.05, 3.63) is 46.3 Å². The Hall–Kier alpha value is -2.23. The lowest BCUT2D eigenvalue weighted by Crippen LogP contribution is -2.32. The fourth-order valence-corrected chi connectivity index (χ4v) is 5.58. The molecule has 2 heterocycles. The molecule has 7 nitrogen and oxygen atoms in total. The summed E-state index contributed by atoms with van der Waals surface area (Å²) in [6, 6.07) is 9.08. The lowest BCUT2D eigenvalue weighted by Gasteiger charge is -2.18. The smallest absolute Gasteiger partial charge is 0.252 e. The van der Waals surface area contributed by atoms with Crippen LogP contribution in [0.15, 0.2) is 34.5 Å². The average Bonchev–Trinajstić information content (AvgIpc) is 3.29. The summed E-state index contributed by atoms with van der Waals surface area (Å²) in [7, 11) is -0.512. The molecule has 9 heteroatoms. The zero-order valence-electron chi connectivity index (χ0n) is 16.9. The molecule has 2 amide bonds. The van der Waals surface area contributed by atoms with Crippen LogP contribution in [-0.2, 0) is 26.2 Å². The number of amides is 2. The molecule has 1 aromatic carbocycles. The largest absolute Gasteiger partial charge is 0.351 e. The van der Waals surface area contributed by atoms with Crippen molar-refractivity contribution in [1.29, 1.82) is 0 Å². The zero-order valence-corrected chi connectivity index (χ0v) is 18.6. The Morgan fingerprint density at radius 3 is 2.59 bits per heavy atom. The molecular weight excluding hydrogens is 410 g/mol. The van der Waals surface area contributed by atoms with Gasteiger partial charge in [0.25, 0.3) is 10.0 Å². The van der Waals surface area contributed by atoms with Gasteiger partial charge < -0.3 is 10.2 Å². The van der Waals surface area contributed by atoms with Crippen LogP contribution in [0.4, 0.5) is 5.69 Å². The molecule has 1 atom stereocenters. The molecule has 1 aliphatic rings. The molecule has 1 fully saturated rings. The number of carbonyl (C=O) groups is 2. The number of hydrogen-bond acceptors (Lipinski definition) is 5. The molecule has 0 radical (unpaired) electrons. The number of nitrogens with one attached hydrogen (secondary N) is 1. The molecule has 0 unspecified atom stereocenters. The number of nitrogens with zero attached hydrogens (tertiary/aromatic N) is 2. The molecule has 1 N–H and O–H groups in total. The van der Waals surface area contributed by atoms with E-state index >= 15 is 0 Å². The van der Waals surface area contributed by atoms with E-state index in [0.29, 0.717) is 6.54 Å². The van der Waals surface area contributed by atoms with Gasteiger partial charge in [-0.25, -0.2) is 12.7 Å². The number of benzene rings is 1. The lowest BCUT2D eigenvalue weighted by atomic mass is 10.1. The van der Waals surface area contributed by atoms with E-state index in [-0.39, 0.29) is 29.0 Å². The summed E-state index contributed by atoms with van der Waals surface area (Å²) in [5.41, 5.74) is 3.07. The SMILES string of the molecule is Cc1ccc(N2C[C@H](C(=O)NCc3ccc(S(=O)(=O)N(C)C)s3)CC2=O)cc1C. The van der Waals surface area contributed by atoms with Crippen molar-refractivity contribution in [2.75, 3.05) is 25.5 Å². The van der Waals surface area contributed by atoms with Gasteiger partial charge in [0.1, 0.15) is 4.21 Å². The fraction of sp³-hybridized carbons (Fsp3) is 0.400. The van der Waals surface area contributed by atoms with Crippen LogP contribution < -0.4 is 10.2 Å². The van der Waals surface area contributed by atoms with E-state index < -0.39 is 15.9 Å². The first kappa shape index (κ1) is 21.5. The van der Waals surface area contributed by atoms with Gasteiger partial charge in [-0.05, 0) is 49.2 Å². The standard InChI is InChI=1S/C20H25N3O4S2/c1-13-5-6-16(9-14(13)2)23-12-15(10-18(23)24)20(25)21-11-17-7-8-19(28-17)29(26,27)22(3)4/h5-9,15H,10-12H2,1-4H3,(H,21,25)/t15-/m1/s1. The number of hydrogen-bond donors (Lipinski definition) is 1. The molecule has 1 saturated heterocycles. The summed E-state index contributed by atoms with van der Waals surface area (Å²) >= 11 is 1.13. The third-order valence-corrected chi connectivity index (χ3v) is 8.47. The first-order valence-corrected chi connectivity index (χ1v) is 11.5. The number of sulfonamides is 1. The fourth-order valence-electron chi connectivity index (χ4n) is 3.12. The molecule has 0 bridgehead atoms. The summed E-state index contributed by atoms with van der Waals surface area (Å²) in [5, 5.41) is 2.83. The molecule has 0 spiro atoms. The number of thiophene rings is 1. The summed E-state index contributed by atoms with van der Waals surface area (Å²) in [4.78, 5) is 27.4. The zero-order chi connectivity index (χ0) is 21.3. The highest BCUT2D eigenvalue weighted by molar-refractivity contribution is 7.91. The predicted octanol–water partition coefficient (Wildman–Crippen LogP) is 2.28. The van der Waals surface area contributed by atoms with Gasteiger partial charge in [0.15, 0.2) is 0 Å². The lowest BCUT2D eigenvalue weighted by molar-refractivity contribution is -0.126. The van der Waals surface area contributed by atoms with Gasteiger partial charge in [-0.3, -0.25) is 9.59 Å². The van der Waals surface area contributed by atoms with Gasteiger partial charge in [-0.15, -0.1) is 11.3 Å². The van der Waals surface area contributed by atoms with Crippen LogP contribution in [0.3, 0.4) is 0 Å². The van der Waals surface area contributed by atoms with Gasteiger partial charge in [0, 0.05) is 37.6 Å². The van der Waals surface area contributed by atoms with E-state index in [1.165, 1.54) is 14.1 Å². The van der Waals surface area contributed by atoms with Crippen LogP contribution >= 0.6 is 11.3 Å². The normalized spacial score (nSPS) is 17.2. The van der Waals surface area contributed by atoms with Crippen LogP contribution in [0, 0.1) is 19.8 Å². The van der Waals surface area contributed by atoms with Crippen molar-refractivity contribution in [2.45, 2.75) is 31.0 Å². The van der Waals surface area contributed by atoms with Crippen LogP contribution in [0.2, 0.25) is 0 Å². The summed E-state index contributed by atoms with van der Waals surface area (Å²) < 4.78 is 25.7. The van der Waals surface area contributed by atoms with Gasteiger partial charge in [-0.1, -0.05) is 6.07 Å². The number of aryl methyl sites for hydroxylation is 2. The predicted molar refractivity (Wildman–Crippen MR) is 113 cm³/mol. The minimum Gasteiger partial charge on any atom is -0.351 e. The van der Waals surface area contributed by atoms with Gasteiger partial charge in [0.05, 0.1) is 12.5 Å². The Balaban J connectivity index is 1.61. The third kappa shape index (κ3) is 4.52. The molecule has 156 valence electrons. The molecule has 2 aromatic rings. The van der Waals surface area contributed by atoms with Crippen molar-refractivity contribution in [3.63, 3.8) is 0 Å². The summed E-state index contributed by atoms with van der Waals surface area (Å²) in [6.07, 6.45) is 0.170. The second-order valence-electron chi connectivity index (χ2n) is 7.40. The Bertz CT molecular complexity index is 1040. The molecule has 1 aliphatic heterocycles. The maximum Gasteiger partial charge on any atom is 0.252 e. The first-order chi connectivity index (χ1) is 13.6. The maximum atomic E-state index is 12.6. The number of rotatable bonds is 6. The molecule has 0 aliphatic carbocycles. The van der Waals surface area contributed by atoms with Gasteiger partial charge >= 0.3 is 0 Å². The van der Waals surface area contributed by atoms with Crippen LogP contribution in [0.25, 0.3) is 0 Å². The second kappa shape index (κ2) is 8.25. The topological polar surface area (TPSA) is 86.8 Å². The van der Waals surface area contributed by atoms with E-state index in [0.717, 1.165) is 37.3 Å². The van der Waals surface area contributed by atoms with Crippen LogP contribution in [-0.4, -0.2) is 45.2 Å². The quantitative estimate of drug-likeness (QED) is 0.754. The average molecular weight is 436 g/mol.